The Labute approximate surface area is 129 Å². The van der Waals surface area contributed by atoms with Gasteiger partial charge in [-0.3, -0.25) is 0 Å². The molecule has 0 aliphatic heterocycles. The second-order valence-electron chi connectivity index (χ2n) is 7.60. The average molecular weight is 284 g/mol. The first-order chi connectivity index (χ1) is 9.85. The molecule has 0 saturated heterocycles. The van der Waals surface area contributed by atoms with Crippen molar-refractivity contribution in [3.05, 3.63) is 48.0 Å². The minimum Gasteiger partial charge on any atom is -0.393 e. The number of hydrogen-bond acceptors (Lipinski definition) is 1. The number of aliphatic hydroxyl groups excluding tert-OH is 1. The smallest absolute Gasteiger partial charge is 0.0583 e. The predicted molar refractivity (Wildman–Crippen MR) is 91.5 cm³/mol. The summed E-state index contributed by atoms with van der Waals surface area (Å²) in [4.78, 5) is 0. The van der Waals surface area contributed by atoms with Crippen molar-refractivity contribution in [2.45, 2.75) is 53.1 Å². The lowest BCUT2D eigenvalue weighted by molar-refractivity contribution is 0.133. The van der Waals surface area contributed by atoms with Crippen LogP contribution in [0.2, 0.25) is 0 Å². The number of benzene rings is 2. The molecule has 21 heavy (non-hydrogen) atoms. The number of aliphatic hydroxyl groups is 1. The zero-order valence-corrected chi connectivity index (χ0v) is 13.8. The second-order valence-corrected chi connectivity index (χ2v) is 7.60. The van der Waals surface area contributed by atoms with E-state index < -0.39 is 0 Å². The van der Waals surface area contributed by atoms with Gasteiger partial charge in [0.15, 0.2) is 0 Å². The van der Waals surface area contributed by atoms with Crippen molar-refractivity contribution in [3.63, 3.8) is 0 Å². The molecule has 0 saturated carbocycles. The Bertz CT molecular complexity index is 574. The van der Waals surface area contributed by atoms with Crippen LogP contribution in [-0.4, -0.2) is 11.2 Å². The van der Waals surface area contributed by atoms with Crippen LogP contribution in [0.3, 0.4) is 0 Å². The van der Waals surface area contributed by atoms with Crippen LogP contribution in [0.15, 0.2) is 42.5 Å². The van der Waals surface area contributed by atoms with Crippen molar-refractivity contribution < 1.29 is 5.11 Å². The molecule has 1 nitrogen and oxygen atoms in total. The van der Waals surface area contributed by atoms with Gasteiger partial charge < -0.3 is 5.11 Å². The zero-order valence-electron chi connectivity index (χ0n) is 13.8. The SMILES string of the molecule is CC(CC(O)Cc1cccc2ccccc12)CC(C)(C)C. The fraction of sp³-hybridized carbons (Fsp3) is 0.500. The summed E-state index contributed by atoms with van der Waals surface area (Å²) in [5.41, 5.74) is 1.59. The molecule has 0 aliphatic rings. The van der Waals surface area contributed by atoms with Crippen LogP contribution in [0.5, 0.6) is 0 Å². The fourth-order valence-corrected chi connectivity index (χ4v) is 3.40. The van der Waals surface area contributed by atoms with E-state index in [4.69, 9.17) is 0 Å². The third-order valence-electron chi connectivity index (χ3n) is 3.97. The standard InChI is InChI=1S/C20H28O/c1-15(14-20(2,3)4)12-18(21)13-17-10-7-9-16-8-5-6-11-19(16)17/h5-11,15,18,21H,12-14H2,1-4H3. The molecule has 0 aliphatic carbocycles. The van der Waals surface area contributed by atoms with E-state index in [0.717, 1.165) is 19.3 Å². The van der Waals surface area contributed by atoms with Crippen molar-refractivity contribution in [2.75, 3.05) is 0 Å². The molecule has 2 atom stereocenters. The molecule has 0 bridgehead atoms. The summed E-state index contributed by atoms with van der Waals surface area (Å²) < 4.78 is 0. The van der Waals surface area contributed by atoms with Crippen LogP contribution < -0.4 is 0 Å². The van der Waals surface area contributed by atoms with Gasteiger partial charge in [0, 0.05) is 0 Å². The third kappa shape index (κ3) is 4.86. The second kappa shape index (κ2) is 6.62. The van der Waals surface area contributed by atoms with Crippen LogP contribution in [-0.2, 0) is 6.42 Å². The molecular formula is C20H28O. The van der Waals surface area contributed by atoms with Crippen molar-refractivity contribution >= 4 is 10.8 Å². The summed E-state index contributed by atoms with van der Waals surface area (Å²) in [5.74, 6) is 0.551. The van der Waals surface area contributed by atoms with Crippen LogP contribution in [0.25, 0.3) is 10.8 Å². The highest BCUT2D eigenvalue weighted by atomic mass is 16.3. The van der Waals surface area contributed by atoms with Gasteiger partial charge >= 0.3 is 0 Å². The Morgan fingerprint density at radius 3 is 2.38 bits per heavy atom. The average Bonchev–Trinajstić information content (AvgIpc) is 2.36. The molecule has 2 rings (SSSR count). The van der Waals surface area contributed by atoms with E-state index in [-0.39, 0.29) is 6.10 Å². The van der Waals surface area contributed by atoms with E-state index in [1.54, 1.807) is 0 Å². The maximum atomic E-state index is 10.4. The molecule has 0 fully saturated rings. The maximum absolute atomic E-state index is 10.4. The Kier molecular flexibility index (Phi) is 5.05. The zero-order chi connectivity index (χ0) is 15.5. The summed E-state index contributed by atoms with van der Waals surface area (Å²) in [5, 5.41) is 13.0. The number of rotatable bonds is 5. The van der Waals surface area contributed by atoms with Gasteiger partial charge in [-0.2, -0.15) is 0 Å². The number of fused-ring (bicyclic) bond motifs is 1. The fourth-order valence-electron chi connectivity index (χ4n) is 3.40. The van der Waals surface area contributed by atoms with Crippen molar-refractivity contribution in [2.24, 2.45) is 11.3 Å². The van der Waals surface area contributed by atoms with Crippen molar-refractivity contribution in [3.8, 4) is 0 Å². The Morgan fingerprint density at radius 1 is 1.00 bits per heavy atom. The summed E-state index contributed by atoms with van der Waals surface area (Å²) in [7, 11) is 0. The monoisotopic (exact) mass is 284 g/mol. The lowest BCUT2D eigenvalue weighted by Gasteiger charge is -2.25. The minimum atomic E-state index is -0.256. The van der Waals surface area contributed by atoms with E-state index in [2.05, 4.69) is 70.2 Å². The summed E-state index contributed by atoms with van der Waals surface area (Å²) in [6.45, 7) is 9.04. The first-order valence-electron chi connectivity index (χ1n) is 8.00. The summed E-state index contributed by atoms with van der Waals surface area (Å²) >= 11 is 0. The van der Waals surface area contributed by atoms with Gasteiger partial charge in [0.1, 0.15) is 0 Å². The molecule has 2 aromatic carbocycles. The van der Waals surface area contributed by atoms with Crippen molar-refractivity contribution in [1.82, 2.24) is 0 Å². The molecule has 0 heterocycles. The molecule has 0 aromatic heterocycles. The highest BCUT2D eigenvalue weighted by Crippen LogP contribution is 2.28. The third-order valence-corrected chi connectivity index (χ3v) is 3.97. The van der Waals surface area contributed by atoms with Gasteiger partial charge in [0.2, 0.25) is 0 Å². The van der Waals surface area contributed by atoms with Gasteiger partial charge in [0.05, 0.1) is 6.10 Å². The molecule has 0 spiro atoms. The van der Waals surface area contributed by atoms with Gasteiger partial charge in [-0.1, -0.05) is 70.2 Å². The van der Waals surface area contributed by atoms with E-state index >= 15 is 0 Å². The normalized spacial score (nSPS) is 15.1. The largest absolute Gasteiger partial charge is 0.393 e. The lowest BCUT2D eigenvalue weighted by Crippen LogP contribution is -2.19. The van der Waals surface area contributed by atoms with E-state index in [9.17, 15) is 5.11 Å². The highest BCUT2D eigenvalue weighted by Gasteiger charge is 2.18. The Balaban J connectivity index is 2.03. The molecule has 0 amide bonds. The van der Waals surface area contributed by atoms with Gasteiger partial charge in [-0.15, -0.1) is 0 Å². The lowest BCUT2D eigenvalue weighted by atomic mass is 9.82. The van der Waals surface area contributed by atoms with E-state index in [1.165, 1.54) is 16.3 Å². The Morgan fingerprint density at radius 2 is 1.67 bits per heavy atom. The topological polar surface area (TPSA) is 20.2 Å². The Hall–Kier alpha value is -1.34. The minimum absolute atomic E-state index is 0.256. The van der Waals surface area contributed by atoms with Gasteiger partial charge in [-0.05, 0) is 46.9 Å². The molecule has 0 radical (unpaired) electrons. The van der Waals surface area contributed by atoms with Gasteiger partial charge in [-0.25, -0.2) is 0 Å². The summed E-state index contributed by atoms with van der Waals surface area (Å²) in [6.07, 6.45) is 2.52. The maximum Gasteiger partial charge on any atom is 0.0583 e. The first-order valence-corrected chi connectivity index (χ1v) is 8.00. The molecular weight excluding hydrogens is 256 g/mol. The molecule has 1 heteroatoms. The van der Waals surface area contributed by atoms with Crippen LogP contribution >= 0.6 is 0 Å². The van der Waals surface area contributed by atoms with Gasteiger partial charge in [0.25, 0.3) is 0 Å². The van der Waals surface area contributed by atoms with Crippen molar-refractivity contribution in [1.29, 1.82) is 0 Å². The molecule has 114 valence electrons. The van der Waals surface area contributed by atoms with E-state index in [0.29, 0.717) is 11.3 Å². The van der Waals surface area contributed by atoms with Crippen LogP contribution in [0.4, 0.5) is 0 Å². The van der Waals surface area contributed by atoms with E-state index in [1.807, 2.05) is 0 Å². The van der Waals surface area contributed by atoms with Crippen LogP contribution in [0.1, 0.15) is 46.1 Å². The molecule has 2 unspecified atom stereocenters. The first kappa shape index (κ1) is 16.0. The quantitative estimate of drug-likeness (QED) is 0.799. The molecule has 1 N–H and O–H groups in total. The summed E-state index contributed by atoms with van der Waals surface area (Å²) in [6, 6.07) is 14.8. The van der Waals surface area contributed by atoms with Crippen LogP contribution in [0, 0.1) is 11.3 Å². The highest BCUT2D eigenvalue weighted by molar-refractivity contribution is 5.85. The molecule has 2 aromatic rings. The number of hydrogen-bond donors (Lipinski definition) is 1. The predicted octanol–water partition coefficient (Wildman–Crippen LogP) is 5.21.